The molecule has 1 aliphatic carbocycles. The Morgan fingerprint density at radius 2 is 1.95 bits per heavy atom. The van der Waals surface area contributed by atoms with Gasteiger partial charge in [-0.3, -0.25) is 4.79 Å². The third-order valence-electron chi connectivity index (χ3n) is 4.23. The Morgan fingerprint density at radius 1 is 1.32 bits per heavy atom. The van der Waals surface area contributed by atoms with Crippen LogP contribution < -0.4 is 5.32 Å². The van der Waals surface area contributed by atoms with E-state index in [1.807, 2.05) is 31.2 Å². The lowest BCUT2D eigenvalue weighted by molar-refractivity contribution is 0.0924. The van der Waals surface area contributed by atoms with Gasteiger partial charge in [0.1, 0.15) is 0 Å². The van der Waals surface area contributed by atoms with Crippen molar-refractivity contribution in [3.8, 4) is 0 Å². The molecule has 1 aromatic rings. The molecule has 1 amide bonds. The lowest BCUT2D eigenvalue weighted by Gasteiger charge is -2.34. The van der Waals surface area contributed by atoms with E-state index in [9.17, 15) is 4.79 Å². The van der Waals surface area contributed by atoms with E-state index in [1.165, 1.54) is 5.57 Å². The van der Waals surface area contributed by atoms with Crippen LogP contribution in [0.3, 0.4) is 0 Å². The second-order valence-corrected chi connectivity index (χ2v) is 6.06. The summed E-state index contributed by atoms with van der Waals surface area (Å²) in [5, 5.41) is 3.10. The smallest absolute Gasteiger partial charge is 0.251 e. The Morgan fingerprint density at radius 3 is 2.58 bits per heavy atom. The second-order valence-electron chi connectivity index (χ2n) is 6.06. The van der Waals surface area contributed by atoms with Gasteiger partial charge in [0.15, 0.2) is 0 Å². The number of hydrogen-bond donors (Lipinski definition) is 1. The average Bonchev–Trinajstić information content (AvgIpc) is 2.41. The summed E-state index contributed by atoms with van der Waals surface area (Å²) in [6.45, 7) is 9.04. The maximum absolute atomic E-state index is 12.2. The van der Waals surface area contributed by atoms with E-state index >= 15 is 0 Å². The van der Waals surface area contributed by atoms with Crippen LogP contribution in [0.15, 0.2) is 36.4 Å². The Labute approximate surface area is 115 Å². The molecule has 1 N–H and O–H groups in total. The quantitative estimate of drug-likeness (QED) is 0.818. The highest BCUT2D eigenvalue weighted by Crippen LogP contribution is 2.37. The molecule has 0 unspecified atom stereocenters. The molecule has 2 rings (SSSR count). The van der Waals surface area contributed by atoms with Crippen LogP contribution in [0, 0.1) is 12.3 Å². The number of hydrogen-bond acceptors (Lipinski definition) is 1. The fraction of sp³-hybridized carbons (Fsp3) is 0.471. The standard InChI is InChI=1S/C17H23NO/c1-13-8-10-17(3,11-9-13)12-18-16(19)15-7-5-4-6-14(15)2/h4-7H,1,8-12H2,2-3H3,(H,18,19). The van der Waals surface area contributed by atoms with Gasteiger partial charge < -0.3 is 5.32 Å². The average molecular weight is 257 g/mol. The first-order valence-electron chi connectivity index (χ1n) is 7.01. The number of rotatable bonds is 3. The first-order valence-corrected chi connectivity index (χ1v) is 7.01. The minimum atomic E-state index is 0.0451. The molecule has 0 heterocycles. The zero-order valence-electron chi connectivity index (χ0n) is 12.0. The first-order chi connectivity index (χ1) is 9.00. The molecule has 0 saturated heterocycles. The Balaban J connectivity index is 1.94. The van der Waals surface area contributed by atoms with Crippen molar-refractivity contribution in [2.75, 3.05) is 6.54 Å². The fourth-order valence-corrected chi connectivity index (χ4v) is 2.60. The fourth-order valence-electron chi connectivity index (χ4n) is 2.60. The number of nitrogens with one attached hydrogen (secondary N) is 1. The maximum atomic E-state index is 12.2. The van der Waals surface area contributed by atoms with E-state index in [4.69, 9.17) is 0 Å². The van der Waals surface area contributed by atoms with Crippen molar-refractivity contribution in [1.82, 2.24) is 5.32 Å². The van der Waals surface area contributed by atoms with Gasteiger partial charge in [-0.25, -0.2) is 0 Å². The molecule has 1 aliphatic rings. The Hall–Kier alpha value is -1.57. The summed E-state index contributed by atoms with van der Waals surface area (Å²) < 4.78 is 0. The van der Waals surface area contributed by atoms with Crippen molar-refractivity contribution in [2.45, 2.75) is 39.5 Å². The molecule has 1 fully saturated rings. The third kappa shape index (κ3) is 3.46. The molecule has 0 spiro atoms. The summed E-state index contributed by atoms with van der Waals surface area (Å²) in [4.78, 5) is 12.2. The zero-order chi connectivity index (χ0) is 13.9. The number of aryl methyl sites for hydroxylation is 1. The molecule has 0 bridgehead atoms. The molecule has 19 heavy (non-hydrogen) atoms. The van der Waals surface area contributed by atoms with E-state index in [0.717, 1.165) is 43.4 Å². The number of benzene rings is 1. The summed E-state index contributed by atoms with van der Waals surface area (Å²) in [6, 6.07) is 7.73. The molecule has 1 aromatic carbocycles. The van der Waals surface area contributed by atoms with Crippen LogP contribution in [0.25, 0.3) is 0 Å². The molecule has 0 atom stereocenters. The van der Waals surface area contributed by atoms with Crippen molar-refractivity contribution >= 4 is 5.91 Å². The van der Waals surface area contributed by atoms with Gasteiger partial charge in [-0.2, -0.15) is 0 Å². The molecular weight excluding hydrogens is 234 g/mol. The predicted molar refractivity (Wildman–Crippen MR) is 79.2 cm³/mol. The predicted octanol–water partition coefficient (Wildman–Crippen LogP) is 3.86. The largest absolute Gasteiger partial charge is 0.351 e. The van der Waals surface area contributed by atoms with Gasteiger partial charge in [0.2, 0.25) is 0 Å². The molecule has 2 heteroatoms. The molecule has 0 aromatic heterocycles. The number of allylic oxidation sites excluding steroid dienone is 1. The lowest BCUT2D eigenvalue weighted by atomic mass is 9.74. The van der Waals surface area contributed by atoms with E-state index < -0.39 is 0 Å². The van der Waals surface area contributed by atoms with Gasteiger partial charge in [-0.1, -0.05) is 37.3 Å². The van der Waals surface area contributed by atoms with Gasteiger partial charge in [0, 0.05) is 12.1 Å². The van der Waals surface area contributed by atoms with Crippen LogP contribution in [-0.2, 0) is 0 Å². The molecule has 0 aliphatic heterocycles. The van der Waals surface area contributed by atoms with Gasteiger partial charge in [-0.15, -0.1) is 0 Å². The number of carbonyl (C=O) groups excluding carboxylic acids is 1. The highest BCUT2D eigenvalue weighted by atomic mass is 16.1. The van der Waals surface area contributed by atoms with Crippen molar-refractivity contribution in [2.24, 2.45) is 5.41 Å². The van der Waals surface area contributed by atoms with Gasteiger partial charge in [-0.05, 0) is 49.7 Å². The van der Waals surface area contributed by atoms with Gasteiger partial charge >= 0.3 is 0 Å². The summed E-state index contributed by atoms with van der Waals surface area (Å²) in [7, 11) is 0. The van der Waals surface area contributed by atoms with Gasteiger partial charge in [0.05, 0.1) is 0 Å². The summed E-state index contributed by atoms with van der Waals surface area (Å²) in [6.07, 6.45) is 4.44. The van der Waals surface area contributed by atoms with Crippen LogP contribution >= 0.6 is 0 Å². The van der Waals surface area contributed by atoms with E-state index in [2.05, 4.69) is 18.8 Å². The van der Waals surface area contributed by atoms with Crippen LogP contribution in [-0.4, -0.2) is 12.5 Å². The van der Waals surface area contributed by atoms with Crippen LogP contribution in [0.2, 0.25) is 0 Å². The maximum Gasteiger partial charge on any atom is 0.251 e. The number of carbonyl (C=O) groups is 1. The molecule has 2 nitrogen and oxygen atoms in total. The monoisotopic (exact) mass is 257 g/mol. The van der Waals surface area contributed by atoms with Crippen LogP contribution in [0.5, 0.6) is 0 Å². The second kappa shape index (κ2) is 5.60. The normalized spacial score (nSPS) is 18.1. The van der Waals surface area contributed by atoms with E-state index in [-0.39, 0.29) is 11.3 Å². The zero-order valence-corrected chi connectivity index (χ0v) is 12.0. The summed E-state index contributed by atoms with van der Waals surface area (Å²) >= 11 is 0. The minimum Gasteiger partial charge on any atom is -0.351 e. The van der Waals surface area contributed by atoms with E-state index in [1.54, 1.807) is 0 Å². The lowest BCUT2D eigenvalue weighted by Crippen LogP contribution is -2.37. The number of amides is 1. The SMILES string of the molecule is C=C1CCC(C)(CNC(=O)c2ccccc2C)CC1. The first kappa shape index (κ1) is 13.9. The van der Waals surface area contributed by atoms with Gasteiger partial charge in [0.25, 0.3) is 5.91 Å². The minimum absolute atomic E-state index is 0.0451. The third-order valence-corrected chi connectivity index (χ3v) is 4.23. The summed E-state index contributed by atoms with van der Waals surface area (Å²) in [5.41, 5.74) is 3.38. The molecule has 1 saturated carbocycles. The van der Waals surface area contributed by atoms with Crippen LogP contribution in [0.4, 0.5) is 0 Å². The molecular formula is C17H23NO. The highest BCUT2D eigenvalue weighted by Gasteiger charge is 2.28. The van der Waals surface area contributed by atoms with Crippen molar-refractivity contribution < 1.29 is 4.79 Å². The summed E-state index contributed by atoms with van der Waals surface area (Å²) in [5.74, 6) is 0.0451. The van der Waals surface area contributed by atoms with Crippen molar-refractivity contribution in [3.05, 3.63) is 47.5 Å². The molecule has 102 valence electrons. The van der Waals surface area contributed by atoms with Crippen LogP contribution in [0.1, 0.15) is 48.5 Å². The molecule has 0 radical (unpaired) electrons. The van der Waals surface area contributed by atoms with E-state index in [0.29, 0.717) is 0 Å². The van der Waals surface area contributed by atoms with Crippen molar-refractivity contribution in [1.29, 1.82) is 0 Å². The van der Waals surface area contributed by atoms with Crippen molar-refractivity contribution in [3.63, 3.8) is 0 Å². The Bertz CT molecular complexity index is 480. The Kier molecular flexibility index (Phi) is 4.08. The topological polar surface area (TPSA) is 29.1 Å². The highest BCUT2D eigenvalue weighted by molar-refractivity contribution is 5.95.